The summed E-state index contributed by atoms with van der Waals surface area (Å²) in [5.74, 6) is -2.22. The van der Waals surface area contributed by atoms with Gasteiger partial charge in [-0.3, -0.25) is 4.98 Å². The number of aromatic nitrogens is 1. The van der Waals surface area contributed by atoms with E-state index >= 15 is 0 Å². The number of nitrogens with zero attached hydrogens (tertiary/aromatic N) is 1. The van der Waals surface area contributed by atoms with Gasteiger partial charge in [0, 0.05) is 12.3 Å². The Hall–Kier alpha value is -2.56. The van der Waals surface area contributed by atoms with Crippen LogP contribution in [0.4, 0.5) is 8.78 Å². The summed E-state index contributed by atoms with van der Waals surface area (Å²) in [5, 5.41) is 0. The fourth-order valence-corrected chi connectivity index (χ4v) is 3.28. The quantitative estimate of drug-likeness (QED) is 0.470. The number of carbonyl (C=O) groups excluding carboxylic acids is 1. The molecule has 1 aliphatic carbocycles. The van der Waals surface area contributed by atoms with E-state index in [-0.39, 0.29) is 5.92 Å². The van der Waals surface area contributed by atoms with Crippen molar-refractivity contribution in [3.05, 3.63) is 71.1 Å². The van der Waals surface area contributed by atoms with Gasteiger partial charge in [-0.25, -0.2) is 13.6 Å². The van der Waals surface area contributed by atoms with Gasteiger partial charge >= 0.3 is 5.97 Å². The highest BCUT2D eigenvalue weighted by atomic mass is 19.2. The van der Waals surface area contributed by atoms with Crippen molar-refractivity contribution in [1.29, 1.82) is 0 Å². The molecule has 25 heavy (non-hydrogen) atoms. The molecule has 0 saturated carbocycles. The molecule has 1 atom stereocenters. The Bertz CT molecular complexity index is 817. The number of fused-ring (bicyclic) bond motifs is 1. The maximum absolute atomic E-state index is 14.2. The summed E-state index contributed by atoms with van der Waals surface area (Å²) >= 11 is 0. The van der Waals surface area contributed by atoms with Crippen LogP contribution in [-0.4, -0.2) is 17.6 Å². The molecule has 1 heterocycles. The normalized spacial score (nSPS) is 18.5. The summed E-state index contributed by atoms with van der Waals surface area (Å²) < 4.78 is 32.8. The molecule has 3 rings (SSSR count). The van der Waals surface area contributed by atoms with Crippen LogP contribution in [0.2, 0.25) is 0 Å². The molecule has 2 aromatic rings. The average molecular weight is 343 g/mol. The molecule has 5 heteroatoms. The zero-order valence-electron chi connectivity index (χ0n) is 14.0. The van der Waals surface area contributed by atoms with Crippen LogP contribution >= 0.6 is 0 Å². The van der Waals surface area contributed by atoms with E-state index in [1.54, 1.807) is 19.2 Å². The van der Waals surface area contributed by atoms with Gasteiger partial charge in [0.15, 0.2) is 11.6 Å². The summed E-state index contributed by atoms with van der Waals surface area (Å²) in [5.41, 5.74) is 2.79. The first-order chi connectivity index (χ1) is 12.1. The van der Waals surface area contributed by atoms with Crippen molar-refractivity contribution in [3.8, 4) is 0 Å². The van der Waals surface area contributed by atoms with Crippen molar-refractivity contribution in [1.82, 2.24) is 4.98 Å². The summed E-state index contributed by atoms with van der Waals surface area (Å²) in [7, 11) is 0. The molecule has 1 aromatic heterocycles. The zero-order chi connectivity index (χ0) is 17.8. The van der Waals surface area contributed by atoms with Gasteiger partial charge in [-0.05, 0) is 60.9 Å². The molecule has 1 aliphatic rings. The van der Waals surface area contributed by atoms with Crippen LogP contribution in [0, 0.1) is 11.6 Å². The highest BCUT2D eigenvalue weighted by Crippen LogP contribution is 2.37. The molecule has 0 fully saturated rings. The number of rotatable bonds is 3. The minimum atomic E-state index is -0.838. The van der Waals surface area contributed by atoms with Crippen molar-refractivity contribution in [2.75, 3.05) is 6.61 Å². The van der Waals surface area contributed by atoms with Gasteiger partial charge in [0.2, 0.25) is 0 Å². The lowest BCUT2D eigenvalue weighted by atomic mass is 9.90. The van der Waals surface area contributed by atoms with E-state index in [1.807, 2.05) is 12.1 Å². The molecular formula is C20H19F2NO2. The molecule has 130 valence electrons. The number of ether oxygens (including phenoxy) is 1. The van der Waals surface area contributed by atoms with Crippen molar-refractivity contribution >= 4 is 11.5 Å². The SMILES string of the molecule is CCOC(=O)/C=C1\CCC(c2cccc(F)c2F)Cc2cccnc21. The topological polar surface area (TPSA) is 39.2 Å². The van der Waals surface area contributed by atoms with Crippen LogP contribution in [0.15, 0.2) is 42.6 Å². The number of hydrogen-bond donors (Lipinski definition) is 0. The number of benzene rings is 1. The van der Waals surface area contributed by atoms with E-state index in [0.717, 1.165) is 22.9 Å². The molecule has 1 aromatic carbocycles. The van der Waals surface area contributed by atoms with Crippen LogP contribution in [-0.2, 0) is 16.0 Å². The van der Waals surface area contributed by atoms with Crippen LogP contribution in [0.3, 0.4) is 0 Å². The van der Waals surface area contributed by atoms with Gasteiger partial charge in [-0.15, -0.1) is 0 Å². The van der Waals surface area contributed by atoms with E-state index in [9.17, 15) is 13.6 Å². The fraction of sp³-hybridized carbons (Fsp3) is 0.300. The van der Waals surface area contributed by atoms with Gasteiger partial charge < -0.3 is 4.74 Å². The Balaban J connectivity index is 1.98. The summed E-state index contributed by atoms with van der Waals surface area (Å²) in [6.07, 6.45) is 4.82. The molecule has 0 saturated heterocycles. The van der Waals surface area contributed by atoms with E-state index in [1.165, 1.54) is 12.1 Å². The second kappa shape index (κ2) is 7.55. The Morgan fingerprint density at radius 1 is 1.32 bits per heavy atom. The Kier molecular flexibility index (Phi) is 5.22. The highest BCUT2D eigenvalue weighted by molar-refractivity contribution is 5.91. The van der Waals surface area contributed by atoms with E-state index < -0.39 is 17.6 Å². The molecule has 0 bridgehead atoms. The van der Waals surface area contributed by atoms with Gasteiger partial charge in [0.05, 0.1) is 12.3 Å². The predicted molar refractivity (Wildman–Crippen MR) is 90.9 cm³/mol. The van der Waals surface area contributed by atoms with E-state index in [0.29, 0.717) is 31.4 Å². The Morgan fingerprint density at radius 2 is 2.16 bits per heavy atom. The predicted octanol–water partition coefficient (Wildman–Crippen LogP) is 4.43. The first kappa shape index (κ1) is 17.3. The van der Waals surface area contributed by atoms with Crippen LogP contribution in [0.1, 0.15) is 42.5 Å². The van der Waals surface area contributed by atoms with Gasteiger partial charge in [-0.2, -0.15) is 0 Å². The molecule has 1 unspecified atom stereocenters. The minimum Gasteiger partial charge on any atom is -0.463 e. The fourth-order valence-electron chi connectivity index (χ4n) is 3.28. The lowest BCUT2D eigenvalue weighted by molar-refractivity contribution is -0.137. The van der Waals surface area contributed by atoms with Gasteiger partial charge in [0.25, 0.3) is 0 Å². The number of halogens is 2. The van der Waals surface area contributed by atoms with Crippen LogP contribution in [0.25, 0.3) is 5.57 Å². The number of allylic oxidation sites excluding steroid dienone is 1. The first-order valence-corrected chi connectivity index (χ1v) is 8.35. The lowest BCUT2D eigenvalue weighted by Crippen LogP contribution is -2.06. The molecule has 0 amide bonds. The van der Waals surface area contributed by atoms with Crippen LogP contribution < -0.4 is 0 Å². The smallest absolute Gasteiger partial charge is 0.331 e. The summed E-state index contributed by atoms with van der Waals surface area (Å²) in [6, 6.07) is 8.00. The van der Waals surface area contributed by atoms with Crippen molar-refractivity contribution in [3.63, 3.8) is 0 Å². The third kappa shape index (κ3) is 3.76. The van der Waals surface area contributed by atoms with Crippen LogP contribution in [0.5, 0.6) is 0 Å². The molecule has 0 spiro atoms. The monoisotopic (exact) mass is 343 g/mol. The lowest BCUT2D eigenvalue weighted by Gasteiger charge is -2.16. The number of pyridine rings is 1. The molecule has 3 nitrogen and oxygen atoms in total. The minimum absolute atomic E-state index is 0.174. The van der Waals surface area contributed by atoms with Crippen molar-refractivity contribution in [2.45, 2.75) is 32.1 Å². The zero-order valence-corrected chi connectivity index (χ0v) is 14.0. The van der Waals surface area contributed by atoms with Crippen molar-refractivity contribution in [2.24, 2.45) is 0 Å². The second-order valence-electron chi connectivity index (χ2n) is 6.02. The summed E-state index contributed by atoms with van der Waals surface area (Å²) in [6.45, 7) is 2.05. The average Bonchev–Trinajstić information content (AvgIpc) is 2.78. The standard InChI is InChI=1S/C20H19F2NO2/c1-2-25-18(24)12-15-9-8-13(11-14-5-4-10-23-20(14)15)16-6-3-7-17(21)19(16)22/h3-7,10,12-13H,2,8-9,11H2,1H3/b15-12+. The van der Waals surface area contributed by atoms with E-state index in [2.05, 4.69) is 4.98 Å². The molecule has 0 aliphatic heterocycles. The van der Waals surface area contributed by atoms with Crippen molar-refractivity contribution < 1.29 is 18.3 Å². The third-order valence-electron chi connectivity index (χ3n) is 4.42. The summed E-state index contributed by atoms with van der Waals surface area (Å²) in [4.78, 5) is 16.2. The first-order valence-electron chi connectivity index (χ1n) is 8.35. The van der Waals surface area contributed by atoms with E-state index in [4.69, 9.17) is 4.74 Å². The van der Waals surface area contributed by atoms with Gasteiger partial charge in [0.1, 0.15) is 0 Å². The molecule has 0 radical (unpaired) electrons. The number of hydrogen-bond acceptors (Lipinski definition) is 3. The maximum atomic E-state index is 14.2. The Morgan fingerprint density at radius 3 is 2.96 bits per heavy atom. The second-order valence-corrected chi connectivity index (χ2v) is 6.02. The van der Waals surface area contributed by atoms with Gasteiger partial charge in [-0.1, -0.05) is 18.2 Å². The highest BCUT2D eigenvalue weighted by Gasteiger charge is 2.25. The number of esters is 1. The third-order valence-corrected chi connectivity index (χ3v) is 4.42. The maximum Gasteiger partial charge on any atom is 0.331 e. The number of carbonyl (C=O) groups is 1. The molecule has 0 N–H and O–H groups in total. The largest absolute Gasteiger partial charge is 0.463 e. The molecular weight excluding hydrogens is 324 g/mol. The Labute approximate surface area is 145 Å².